The number of benzene rings is 4. The lowest BCUT2D eigenvalue weighted by molar-refractivity contribution is 0.0263. The van der Waals surface area contributed by atoms with Gasteiger partial charge < -0.3 is 28.4 Å². The van der Waals surface area contributed by atoms with Crippen LogP contribution in [0.3, 0.4) is 0 Å². The van der Waals surface area contributed by atoms with Gasteiger partial charge in [-0.25, -0.2) is 0 Å². The van der Waals surface area contributed by atoms with E-state index in [9.17, 15) is 0 Å². The average Bonchev–Trinajstić information content (AvgIpc) is 3.29. The fourth-order valence-electron chi connectivity index (χ4n) is 7.67. The van der Waals surface area contributed by atoms with Crippen LogP contribution in [-0.4, -0.2) is 49.6 Å². The average molecular weight is 1020 g/mol. The third-order valence-corrected chi connectivity index (χ3v) is 16.1. The highest BCUT2D eigenvalue weighted by molar-refractivity contribution is 8.01. The van der Waals surface area contributed by atoms with Gasteiger partial charge in [-0.05, 0) is 117 Å². The summed E-state index contributed by atoms with van der Waals surface area (Å²) in [5.41, 5.74) is 5.60. The van der Waals surface area contributed by atoms with Crippen LogP contribution in [0.5, 0.6) is 23.0 Å². The van der Waals surface area contributed by atoms with Crippen molar-refractivity contribution in [2.45, 2.75) is 157 Å². The molecule has 0 atom stereocenters. The van der Waals surface area contributed by atoms with Crippen LogP contribution in [0, 0.1) is 0 Å². The Balaban J connectivity index is 1.49. The lowest BCUT2D eigenvalue weighted by Crippen LogP contribution is -2.15. The normalized spacial score (nSPS) is 15.1. The molecule has 8 nitrogen and oxygen atoms in total. The molecule has 0 radical (unpaired) electrons. The monoisotopic (exact) mass is 1020 g/mol. The zero-order valence-electron chi connectivity index (χ0n) is 42.9. The summed E-state index contributed by atoms with van der Waals surface area (Å²) in [5, 5.41) is 0. The minimum Gasteiger partial charge on any atom is -0.489 e. The van der Waals surface area contributed by atoms with Crippen molar-refractivity contribution in [3.8, 4) is 23.0 Å². The Kier molecular flexibility index (Phi) is 16.2. The number of fused-ring (bicyclic) bond motifs is 2. The first-order chi connectivity index (χ1) is 33.2. The first-order valence-corrected chi connectivity index (χ1v) is 27.4. The topological polar surface area (TPSA) is 81.2 Å². The molecule has 4 heterocycles. The number of hydrogen-bond donors (Lipinski definition) is 0. The molecule has 2 aromatic heterocycles. The van der Waals surface area contributed by atoms with Crippen molar-refractivity contribution < 1.29 is 28.4 Å². The van der Waals surface area contributed by atoms with E-state index >= 15 is 0 Å². The van der Waals surface area contributed by atoms with Gasteiger partial charge >= 0.3 is 0 Å². The van der Waals surface area contributed by atoms with Crippen molar-refractivity contribution in [1.29, 1.82) is 0 Å². The van der Waals surface area contributed by atoms with E-state index in [1.54, 1.807) is 47.0 Å². The van der Waals surface area contributed by atoms with Crippen LogP contribution in [0.2, 0.25) is 0 Å². The van der Waals surface area contributed by atoms with Gasteiger partial charge in [0.15, 0.2) is 0 Å². The molecule has 0 aliphatic carbocycles. The zero-order valence-corrected chi connectivity index (χ0v) is 46.1. The van der Waals surface area contributed by atoms with Crippen molar-refractivity contribution in [3.05, 3.63) is 131 Å². The molecule has 370 valence electrons. The molecule has 8 rings (SSSR count). The zero-order chi connectivity index (χ0) is 49.8. The van der Waals surface area contributed by atoms with Gasteiger partial charge in [0.25, 0.3) is 0 Å². The van der Waals surface area contributed by atoms with Crippen LogP contribution >= 0.6 is 47.0 Å². The Hall–Kier alpha value is -4.30. The molecular formula is C58H68N2O6S4. The molecule has 2 aliphatic heterocycles. The number of rotatable bonds is 6. The molecule has 6 aromatic rings. The van der Waals surface area contributed by atoms with Crippen LogP contribution < -0.4 is 18.9 Å². The van der Waals surface area contributed by atoms with Crippen molar-refractivity contribution in [2.24, 2.45) is 0 Å². The highest BCUT2D eigenvalue weighted by atomic mass is 32.2. The van der Waals surface area contributed by atoms with Gasteiger partial charge in [-0.3, -0.25) is 9.97 Å². The van der Waals surface area contributed by atoms with E-state index < -0.39 is 0 Å². The second kappa shape index (κ2) is 21.8. The Bertz CT molecular complexity index is 2490. The number of hydrogen-bond acceptors (Lipinski definition) is 12. The second-order valence-electron chi connectivity index (χ2n) is 21.8. The minimum atomic E-state index is -0.206. The smallest absolute Gasteiger partial charge is 0.147 e. The van der Waals surface area contributed by atoms with Crippen molar-refractivity contribution in [1.82, 2.24) is 9.97 Å². The molecule has 4 aromatic carbocycles. The molecule has 0 spiro atoms. The van der Waals surface area contributed by atoms with Gasteiger partial charge in [0, 0.05) is 12.4 Å². The molecule has 10 bridgehead atoms. The first kappa shape index (κ1) is 52.0. The quantitative estimate of drug-likeness (QED) is 0.159. The van der Waals surface area contributed by atoms with Gasteiger partial charge in [-0.15, -0.1) is 0 Å². The predicted octanol–water partition coefficient (Wildman–Crippen LogP) is 15.5. The van der Waals surface area contributed by atoms with Crippen LogP contribution in [0.25, 0.3) is 0 Å². The van der Waals surface area contributed by atoms with E-state index in [1.165, 1.54) is 22.3 Å². The number of pyridine rings is 2. The Morgan fingerprint density at radius 3 is 0.957 bits per heavy atom. The highest BCUT2D eigenvalue weighted by Gasteiger charge is 2.31. The lowest BCUT2D eigenvalue weighted by Gasteiger charge is -2.28. The second-order valence-corrected chi connectivity index (χ2v) is 26.1. The summed E-state index contributed by atoms with van der Waals surface area (Å²) in [6.07, 6.45) is 3.63. The maximum Gasteiger partial charge on any atom is 0.147 e. The molecule has 70 heavy (non-hydrogen) atoms. The maximum absolute atomic E-state index is 7.09. The fourth-order valence-corrected chi connectivity index (χ4v) is 12.5. The van der Waals surface area contributed by atoms with Gasteiger partial charge in [0.05, 0.1) is 77.0 Å². The molecule has 0 fully saturated rings. The summed E-state index contributed by atoms with van der Waals surface area (Å²) in [4.78, 5) is 17.2. The number of aromatic nitrogens is 2. The van der Waals surface area contributed by atoms with Crippen molar-refractivity contribution in [3.63, 3.8) is 0 Å². The molecule has 0 N–H and O–H groups in total. The highest BCUT2D eigenvalue weighted by Crippen LogP contribution is 2.56. The lowest BCUT2D eigenvalue weighted by atomic mass is 9.87. The van der Waals surface area contributed by atoms with Gasteiger partial charge in [-0.2, -0.15) is 0 Å². The van der Waals surface area contributed by atoms with Crippen LogP contribution in [0.4, 0.5) is 0 Å². The van der Waals surface area contributed by atoms with Crippen molar-refractivity contribution in [2.75, 3.05) is 39.6 Å². The van der Waals surface area contributed by atoms with Crippen molar-refractivity contribution >= 4 is 47.0 Å². The third kappa shape index (κ3) is 13.0. The molecular weight excluding hydrogens is 949 g/mol. The maximum atomic E-state index is 7.09. The molecule has 2 aliphatic rings. The molecule has 0 saturated carbocycles. The van der Waals surface area contributed by atoms with E-state index in [1.807, 2.05) is 48.8 Å². The van der Waals surface area contributed by atoms with E-state index in [-0.39, 0.29) is 34.9 Å². The van der Waals surface area contributed by atoms with E-state index in [2.05, 4.69) is 142 Å². The first-order valence-electron chi connectivity index (χ1n) is 24.1. The standard InChI is InChI=1S/C58H68N2O6S4/c1-55(2,3)37-27-43-51-44(28-37)68-48-32-40(58(10,11)12)34-50(54(48)66-36-42-18-14-16-20-60-42)70-46-30-38(56(4,5)6)29-45(52(46)64-26-24-62-22-21-61-23-25-63-51)69-49-33-39(57(7,8)9)31-47(67-43)53(49)65-35-41-17-13-15-19-59-41/h13-20,27-34H,21-26,35-36H2,1-12H3. The van der Waals surface area contributed by atoms with Crippen LogP contribution in [0.1, 0.15) is 117 Å². The Morgan fingerprint density at radius 2 is 0.686 bits per heavy atom. The summed E-state index contributed by atoms with van der Waals surface area (Å²) in [5.74, 6) is 3.11. The SMILES string of the molecule is CC(C)(C)c1cc2c3c(c1)Sc1cc(C(C)(C)C)cc(c1OCc1ccccn1)Sc1cc(C(C)(C)C)cc(c1OCCOCCOCCO3)Sc1cc(C(C)(C)C)cc(c1OCc1ccccn1)S2. The third-order valence-electron chi connectivity index (χ3n) is 11.9. The predicted molar refractivity (Wildman–Crippen MR) is 287 cm³/mol. The van der Waals surface area contributed by atoms with E-state index in [0.29, 0.717) is 39.6 Å². The van der Waals surface area contributed by atoms with E-state index in [4.69, 9.17) is 28.4 Å². The molecule has 0 unspecified atom stereocenters. The van der Waals surface area contributed by atoms with Crippen LogP contribution in [0.15, 0.2) is 136 Å². The number of nitrogens with zero attached hydrogens (tertiary/aromatic N) is 2. The summed E-state index contributed by atoms with van der Waals surface area (Å²) in [6, 6.07) is 30.4. The molecule has 0 amide bonds. The van der Waals surface area contributed by atoms with Gasteiger partial charge in [0.1, 0.15) is 49.4 Å². The summed E-state index contributed by atoms with van der Waals surface area (Å²) < 4.78 is 40.5. The summed E-state index contributed by atoms with van der Waals surface area (Å²) in [7, 11) is 0. The number of ether oxygens (including phenoxy) is 6. The fraction of sp³-hybridized carbons (Fsp3) is 0.414. The molecule has 12 heteroatoms. The minimum absolute atomic E-state index is 0.199. The summed E-state index contributed by atoms with van der Waals surface area (Å²) >= 11 is 6.75. The Labute approximate surface area is 433 Å². The van der Waals surface area contributed by atoms with E-state index in [0.717, 1.165) is 73.5 Å². The van der Waals surface area contributed by atoms with Gasteiger partial charge in [0.2, 0.25) is 0 Å². The Morgan fingerprint density at radius 1 is 0.400 bits per heavy atom. The van der Waals surface area contributed by atoms with Crippen LogP contribution in [-0.2, 0) is 44.3 Å². The largest absolute Gasteiger partial charge is 0.489 e. The van der Waals surface area contributed by atoms with Gasteiger partial charge in [-0.1, -0.05) is 142 Å². The summed E-state index contributed by atoms with van der Waals surface area (Å²) in [6.45, 7) is 30.2. The molecule has 0 saturated heterocycles.